The van der Waals surface area contributed by atoms with Crippen LogP contribution in [0.4, 0.5) is 11.4 Å². The normalized spacial score (nSPS) is 10.1. The Morgan fingerprint density at radius 3 is 2.14 bits per heavy atom. The zero-order valence-corrected chi connectivity index (χ0v) is 14.9. The summed E-state index contributed by atoms with van der Waals surface area (Å²) < 4.78 is 11.1. The Kier molecular flexibility index (Phi) is 6.20. The smallest absolute Gasteiger partial charge is 0.271 e. The number of anilines is 1. The highest BCUT2D eigenvalue weighted by Crippen LogP contribution is 2.19. The molecule has 0 fully saturated rings. The molecule has 28 heavy (non-hydrogen) atoms. The van der Waals surface area contributed by atoms with Gasteiger partial charge < -0.3 is 14.8 Å². The molecule has 7 nitrogen and oxygen atoms in total. The molecule has 0 atom stereocenters. The fourth-order valence-corrected chi connectivity index (χ4v) is 2.44. The molecule has 3 rings (SSSR count). The minimum Gasteiger partial charge on any atom is -0.490 e. The lowest BCUT2D eigenvalue weighted by atomic mass is 10.2. The predicted molar refractivity (Wildman–Crippen MR) is 105 cm³/mol. The van der Waals surface area contributed by atoms with E-state index in [-0.39, 0.29) is 11.6 Å². The molecule has 0 bridgehead atoms. The van der Waals surface area contributed by atoms with E-state index in [4.69, 9.17) is 9.47 Å². The lowest BCUT2D eigenvalue weighted by molar-refractivity contribution is -0.384. The summed E-state index contributed by atoms with van der Waals surface area (Å²) in [6, 6.07) is 21.9. The van der Waals surface area contributed by atoms with Gasteiger partial charge in [-0.25, -0.2) is 0 Å². The first-order valence-electron chi connectivity index (χ1n) is 8.58. The number of nitrogens with one attached hydrogen (secondary N) is 1. The standard InChI is InChI=1S/C21H18N2O5/c24-21(22-17-5-4-6-18(15-17)23(25)26)16-9-11-20(12-10-16)28-14-13-27-19-7-2-1-3-8-19/h1-12,15H,13-14H2,(H,22,24). The third kappa shape index (κ3) is 5.31. The maximum atomic E-state index is 12.3. The lowest BCUT2D eigenvalue weighted by Crippen LogP contribution is -2.12. The second kappa shape index (κ2) is 9.18. The van der Waals surface area contributed by atoms with Crippen molar-refractivity contribution in [3.05, 3.63) is 94.5 Å². The molecule has 142 valence electrons. The largest absolute Gasteiger partial charge is 0.490 e. The van der Waals surface area contributed by atoms with Crippen molar-refractivity contribution in [2.75, 3.05) is 18.5 Å². The molecule has 0 aliphatic carbocycles. The molecular weight excluding hydrogens is 360 g/mol. The number of ether oxygens (including phenoxy) is 2. The molecular formula is C21H18N2O5. The Bertz CT molecular complexity index is 943. The number of amides is 1. The van der Waals surface area contributed by atoms with Gasteiger partial charge >= 0.3 is 0 Å². The van der Waals surface area contributed by atoms with Crippen LogP contribution in [-0.2, 0) is 0 Å². The van der Waals surface area contributed by atoms with Crippen LogP contribution in [0.15, 0.2) is 78.9 Å². The zero-order chi connectivity index (χ0) is 19.8. The van der Waals surface area contributed by atoms with Crippen LogP contribution in [0.25, 0.3) is 0 Å². The highest BCUT2D eigenvalue weighted by molar-refractivity contribution is 6.04. The summed E-state index contributed by atoms with van der Waals surface area (Å²) in [7, 11) is 0. The first-order valence-corrected chi connectivity index (χ1v) is 8.58. The van der Waals surface area contributed by atoms with Crippen molar-refractivity contribution in [2.24, 2.45) is 0 Å². The monoisotopic (exact) mass is 378 g/mol. The van der Waals surface area contributed by atoms with E-state index in [1.165, 1.54) is 18.2 Å². The van der Waals surface area contributed by atoms with Crippen molar-refractivity contribution in [2.45, 2.75) is 0 Å². The minimum absolute atomic E-state index is 0.0840. The van der Waals surface area contributed by atoms with Gasteiger partial charge in [-0.15, -0.1) is 0 Å². The zero-order valence-electron chi connectivity index (χ0n) is 14.9. The predicted octanol–water partition coefficient (Wildman–Crippen LogP) is 4.30. The van der Waals surface area contributed by atoms with Gasteiger partial charge in [0.1, 0.15) is 24.7 Å². The summed E-state index contributed by atoms with van der Waals surface area (Å²) in [5.41, 5.74) is 0.691. The Balaban J connectivity index is 1.50. The number of hydrogen-bond acceptors (Lipinski definition) is 5. The highest BCUT2D eigenvalue weighted by atomic mass is 16.6. The van der Waals surface area contributed by atoms with Crippen LogP contribution < -0.4 is 14.8 Å². The van der Waals surface area contributed by atoms with Crippen LogP contribution in [0.1, 0.15) is 10.4 Å². The van der Waals surface area contributed by atoms with Gasteiger partial charge in [0.25, 0.3) is 11.6 Å². The quantitative estimate of drug-likeness (QED) is 0.358. The number of nitrogens with zero attached hydrogens (tertiary/aromatic N) is 1. The van der Waals surface area contributed by atoms with E-state index in [9.17, 15) is 14.9 Å². The van der Waals surface area contributed by atoms with Gasteiger partial charge in [-0.1, -0.05) is 24.3 Å². The van der Waals surface area contributed by atoms with Gasteiger partial charge in [0.05, 0.1) is 4.92 Å². The molecule has 0 aliphatic rings. The van der Waals surface area contributed by atoms with Gasteiger partial charge in [0.2, 0.25) is 0 Å². The second-order valence-corrected chi connectivity index (χ2v) is 5.80. The topological polar surface area (TPSA) is 90.7 Å². The number of para-hydroxylation sites is 1. The number of rotatable bonds is 8. The maximum Gasteiger partial charge on any atom is 0.271 e. The average molecular weight is 378 g/mol. The Labute approximate surface area is 161 Å². The first-order chi connectivity index (χ1) is 13.6. The van der Waals surface area contributed by atoms with Gasteiger partial charge in [-0.2, -0.15) is 0 Å². The maximum absolute atomic E-state index is 12.3. The molecule has 0 unspecified atom stereocenters. The molecule has 0 aliphatic heterocycles. The van der Waals surface area contributed by atoms with Crippen molar-refractivity contribution in [1.82, 2.24) is 0 Å². The molecule has 0 radical (unpaired) electrons. The molecule has 0 saturated heterocycles. The summed E-state index contributed by atoms with van der Waals surface area (Å²) in [5, 5.41) is 13.4. The summed E-state index contributed by atoms with van der Waals surface area (Å²) >= 11 is 0. The van der Waals surface area contributed by atoms with Gasteiger partial charge in [-0.05, 0) is 42.5 Å². The Morgan fingerprint density at radius 1 is 0.857 bits per heavy atom. The highest BCUT2D eigenvalue weighted by Gasteiger charge is 2.10. The van der Waals surface area contributed by atoms with Crippen molar-refractivity contribution < 1.29 is 19.2 Å². The van der Waals surface area contributed by atoms with E-state index in [1.807, 2.05) is 30.3 Å². The van der Waals surface area contributed by atoms with Crippen molar-refractivity contribution in [1.29, 1.82) is 0 Å². The molecule has 3 aromatic carbocycles. The summed E-state index contributed by atoms with van der Waals surface area (Å²) in [5.74, 6) is 1.03. The van der Waals surface area contributed by atoms with Crippen LogP contribution in [0.2, 0.25) is 0 Å². The lowest BCUT2D eigenvalue weighted by Gasteiger charge is -2.09. The van der Waals surface area contributed by atoms with Crippen molar-refractivity contribution in [3.63, 3.8) is 0 Å². The number of carbonyl (C=O) groups excluding carboxylic acids is 1. The van der Waals surface area contributed by atoms with E-state index >= 15 is 0 Å². The fraction of sp³-hybridized carbons (Fsp3) is 0.0952. The van der Waals surface area contributed by atoms with Crippen LogP contribution >= 0.6 is 0 Å². The molecule has 0 aromatic heterocycles. The molecule has 7 heteroatoms. The van der Waals surface area contributed by atoms with Crippen LogP contribution in [0, 0.1) is 10.1 Å². The number of nitro benzene ring substituents is 1. The molecule has 0 spiro atoms. The van der Waals surface area contributed by atoms with E-state index in [2.05, 4.69) is 5.32 Å². The average Bonchev–Trinajstić information content (AvgIpc) is 2.72. The van der Waals surface area contributed by atoms with E-state index in [1.54, 1.807) is 30.3 Å². The second-order valence-electron chi connectivity index (χ2n) is 5.80. The summed E-state index contributed by atoms with van der Waals surface area (Å²) in [6.07, 6.45) is 0. The van der Waals surface area contributed by atoms with Crippen LogP contribution in [0.5, 0.6) is 11.5 Å². The summed E-state index contributed by atoms with van der Waals surface area (Å²) in [6.45, 7) is 0.771. The van der Waals surface area contributed by atoms with Gasteiger partial charge in [0.15, 0.2) is 0 Å². The SMILES string of the molecule is O=C(Nc1cccc([N+](=O)[O-])c1)c1ccc(OCCOc2ccccc2)cc1. The summed E-state index contributed by atoms with van der Waals surface area (Å²) in [4.78, 5) is 22.6. The number of hydrogen-bond donors (Lipinski definition) is 1. The number of benzene rings is 3. The third-order valence-electron chi connectivity index (χ3n) is 3.80. The molecule has 1 N–H and O–H groups in total. The molecule has 3 aromatic rings. The Hall–Kier alpha value is -3.87. The molecule has 0 heterocycles. The fourth-order valence-electron chi connectivity index (χ4n) is 2.44. The van der Waals surface area contributed by atoms with E-state index in [0.717, 1.165) is 5.75 Å². The first kappa shape index (κ1) is 18.9. The number of nitro groups is 1. The van der Waals surface area contributed by atoms with Crippen LogP contribution in [0.3, 0.4) is 0 Å². The van der Waals surface area contributed by atoms with Gasteiger partial charge in [-0.3, -0.25) is 14.9 Å². The van der Waals surface area contributed by atoms with Crippen LogP contribution in [-0.4, -0.2) is 24.0 Å². The van der Waals surface area contributed by atoms with Crippen molar-refractivity contribution >= 4 is 17.3 Å². The molecule has 0 saturated carbocycles. The van der Waals surface area contributed by atoms with E-state index < -0.39 is 4.92 Å². The molecule has 1 amide bonds. The van der Waals surface area contributed by atoms with Gasteiger partial charge in [0, 0.05) is 23.4 Å². The van der Waals surface area contributed by atoms with Crippen molar-refractivity contribution in [3.8, 4) is 11.5 Å². The minimum atomic E-state index is -0.511. The number of non-ortho nitro benzene ring substituents is 1. The van der Waals surface area contributed by atoms with E-state index in [0.29, 0.717) is 30.2 Å². The third-order valence-corrected chi connectivity index (χ3v) is 3.80. The number of carbonyl (C=O) groups is 1. The Morgan fingerprint density at radius 2 is 1.50 bits per heavy atom.